The van der Waals surface area contributed by atoms with Crippen molar-refractivity contribution >= 4 is 0 Å². The van der Waals surface area contributed by atoms with E-state index < -0.39 is 74.6 Å². The maximum Gasteiger partial charge on any atom is 0.219 e. The van der Waals surface area contributed by atoms with E-state index in [0.29, 0.717) is 0 Å². The van der Waals surface area contributed by atoms with Crippen LogP contribution in [0.15, 0.2) is 0 Å². The molecule has 0 aromatic carbocycles. The van der Waals surface area contributed by atoms with E-state index in [0.717, 1.165) is 0 Å². The van der Waals surface area contributed by atoms with E-state index in [4.69, 9.17) is 24.4 Å². The van der Waals surface area contributed by atoms with Gasteiger partial charge < -0.3 is 55.1 Å². The lowest BCUT2D eigenvalue weighted by molar-refractivity contribution is -0.310. The fourth-order valence-electron chi connectivity index (χ4n) is 2.53. The highest BCUT2D eigenvalue weighted by molar-refractivity contribution is 4.95. The molecule has 0 aliphatic carbocycles. The lowest BCUT2D eigenvalue weighted by Crippen LogP contribution is -2.59. The van der Waals surface area contributed by atoms with Gasteiger partial charge in [-0.1, -0.05) is 0 Å². The van der Waals surface area contributed by atoms with Crippen LogP contribution in [0.2, 0.25) is 0 Å². The van der Waals surface area contributed by atoms with Gasteiger partial charge in [0, 0.05) is 0 Å². The Morgan fingerprint density at radius 2 is 1.52 bits per heavy atom. The molecular weight excluding hydrogens is 320 g/mol. The summed E-state index contributed by atoms with van der Waals surface area (Å²) in [5, 5.41) is 76.1. The topological polar surface area (TPSA) is 190 Å². The predicted molar refractivity (Wildman–Crippen MR) is 68.6 cm³/mol. The van der Waals surface area contributed by atoms with E-state index in [9.17, 15) is 30.6 Å². The van der Waals surface area contributed by atoms with Crippen molar-refractivity contribution in [2.45, 2.75) is 54.8 Å². The maximum absolute atomic E-state index is 9.78. The largest absolute Gasteiger partial charge is 0.394 e. The van der Waals surface area contributed by atoms with Gasteiger partial charge in [-0.2, -0.15) is 0 Å². The number of aliphatic hydroxyl groups excluding tert-OH is 7. The summed E-state index contributed by atoms with van der Waals surface area (Å²) < 4.78 is 15.2. The van der Waals surface area contributed by atoms with Crippen molar-refractivity contribution in [3.05, 3.63) is 0 Å². The van der Waals surface area contributed by atoms with Crippen LogP contribution >= 0.6 is 0 Å². The number of hydrogen-bond acceptors (Lipinski definition) is 11. The van der Waals surface area contributed by atoms with Crippen LogP contribution in [-0.2, 0) is 14.2 Å². The summed E-state index contributed by atoms with van der Waals surface area (Å²) >= 11 is 0. The number of hydrogen-bond donors (Lipinski definition) is 8. The smallest absolute Gasteiger partial charge is 0.219 e. The van der Waals surface area contributed by atoms with E-state index in [-0.39, 0.29) is 0 Å². The van der Waals surface area contributed by atoms with E-state index in [1.54, 1.807) is 0 Å². The van der Waals surface area contributed by atoms with Crippen molar-refractivity contribution in [1.82, 2.24) is 0 Å². The van der Waals surface area contributed by atoms with Gasteiger partial charge in [0.1, 0.15) is 42.7 Å². The van der Waals surface area contributed by atoms with E-state index in [1.807, 2.05) is 0 Å². The average molecular weight is 342 g/mol. The highest BCUT2D eigenvalue weighted by Crippen LogP contribution is 2.30. The van der Waals surface area contributed by atoms with Gasteiger partial charge in [0.05, 0.1) is 19.8 Å². The van der Waals surface area contributed by atoms with Crippen LogP contribution < -0.4 is 0 Å². The minimum atomic E-state index is -2.34. The standard InChI is InChI=1S/C12H22O11/c13-1-4-6(15)8(17)9(18)11(22-4)21-2-5-7(16)10(19)12(20,3-14)23-5/h4-11,13-20H,1-3H2/t4?,5?,6?,7-,8-,9?,10?,11?,12+/m0/s1. The SMILES string of the molecule is OCC1OC(OCC2O[C@](O)(CO)C(O)[C@H]2O)C(O)[C@@H](O)C1O. The van der Waals surface area contributed by atoms with Crippen molar-refractivity contribution in [3.8, 4) is 0 Å². The Morgan fingerprint density at radius 1 is 0.870 bits per heavy atom. The minimum absolute atomic E-state index is 0.469. The Morgan fingerprint density at radius 3 is 2.04 bits per heavy atom. The Hall–Kier alpha value is -0.440. The average Bonchev–Trinajstić information content (AvgIpc) is 2.77. The maximum atomic E-state index is 9.78. The van der Waals surface area contributed by atoms with Gasteiger partial charge in [-0.3, -0.25) is 0 Å². The van der Waals surface area contributed by atoms with Crippen LogP contribution in [0, 0.1) is 0 Å². The minimum Gasteiger partial charge on any atom is -0.394 e. The molecule has 2 aliphatic rings. The summed E-state index contributed by atoms with van der Waals surface area (Å²) in [5.74, 6) is -2.34. The van der Waals surface area contributed by atoms with Gasteiger partial charge in [-0.15, -0.1) is 0 Å². The van der Waals surface area contributed by atoms with E-state index in [1.165, 1.54) is 0 Å². The van der Waals surface area contributed by atoms with Gasteiger partial charge in [-0.05, 0) is 0 Å². The summed E-state index contributed by atoms with van der Waals surface area (Å²) in [6, 6.07) is 0. The third-order valence-corrected chi connectivity index (χ3v) is 4.02. The fourth-order valence-corrected chi connectivity index (χ4v) is 2.53. The van der Waals surface area contributed by atoms with Crippen LogP contribution in [0.4, 0.5) is 0 Å². The van der Waals surface area contributed by atoms with Crippen LogP contribution in [0.5, 0.6) is 0 Å². The van der Waals surface area contributed by atoms with Crippen LogP contribution in [0.3, 0.4) is 0 Å². The third-order valence-electron chi connectivity index (χ3n) is 4.02. The second-order valence-corrected chi connectivity index (χ2v) is 5.63. The fraction of sp³-hybridized carbons (Fsp3) is 1.00. The highest BCUT2D eigenvalue weighted by Gasteiger charge is 2.53. The Labute approximate surface area is 130 Å². The van der Waals surface area contributed by atoms with Gasteiger partial charge in [-0.25, -0.2) is 0 Å². The van der Waals surface area contributed by atoms with Crippen molar-refractivity contribution in [2.24, 2.45) is 0 Å². The van der Waals surface area contributed by atoms with Gasteiger partial charge in [0.25, 0.3) is 0 Å². The molecule has 2 rings (SSSR count). The Bertz CT molecular complexity index is 393. The summed E-state index contributed by atoms with van der Waals surface area (Å²) in [4.78, 5) is 0. The molecule has 11 heteroatoms. The molecule has 0 aromatic rings. The first-order chi connectivity index (χ1) is 10.7. The molecule has 6 unspecified atom stereocenters. The number of ether oxygens (including phenoxy) is 3. The summed E-state index contributed by atoms with van der Waals surface area (Å²) in [6.45, 7) is -2.05. The molecule has 0 spiro atoms. The van der Waals surface area contributed by atoms with Crippen molar-refractivity contribution < 1.29 is 55.1 Å². The van der Waals surface area contributed by atoms with Crippen LogP contribution in [-0.4, -0.2) is 115 Å². The van der Waals surface area contributed by atoms with E-state index in [2.05, 4.69) is 0 Å². The zero-order valence-electron chi connectivity index (χ0n) is 12.0. The van der Waals surface area contributed by atoms with Crippen LogP contribution in [0.1, 0.15) is 0 Å². The number of aliphatic hydroxyl groups is 8. The third kappa shape index (κ3) is 3.50. The van der Waals surface area contributed by atoms with Gasteiger partial charge >= 0.3 is 0 Å². The molecule has 0 saturated carbocycles. The Kier molecular flexibility index (Phi) is 5.92. The van der Waals surface area contributed by atoms with Crippen LogP contribution in [0.25, 0.3) is 0 Å². The normalized spacial score (nSPS) is 51.1. The molecule has 9 atom stereocenters. The first kappa shape index (κ1) is 18.9. The summed E-state index contributed by atoms with van der Waals surface area (Å²) in [6.07, 6.45) is -12.0. The Balaban J connectivity index is 1.95. The molecule has 0 aromatic heterocycles. The molecule has 23 heavy (non-hydrogen) atoms. The molecule has 2 saturated heterocycles. The lowest BCUT2D eigenvalue weighted by Gasteiger charge is -2.39. The molecule has 2 fully saturated rings. The summed E-state index contributed by atoms with van der Waals surface area (Å²) in [7, 11) is 0. The first-order valence-electron chi connectivity index (χ1n) is 7.04. The molecule has 2 aliphatic heterocycles. The lowest BCUT2D eigenvalue weighted by atomic mass is 9.99. The second-order valence-electron chi connectivity index (χ2n) is 5.63. The molecular formula is C12H22O11. The van der Waals surface area contributed by atoms with E-state index >= 15 is 0 Å². The van der Waals surface area contributed by atoms with Gasteiger partial charge in [0.15, 0.2) is 6.29 Å². The zero-order chi connectivity index (χ0) is 17.4. The molecule has 136 valence electrons. The molecule has 0 radical (unpaired) electrons. The first-order valence-corrected chi connectivity index (χ1v) is 7.04. The monoisotopic (exact) mass is 342 g/mol. The number of rotatable bonds is 5. The molecule has 2 heterocycles. The molecule has 8 N–H and O–H groups in total. The summed E-state index contributed by atoms with van der Waals surface area (Å²) in [5.41, 5.74) is 0. The molecule has 0 amide bonds. The van der Waals surface area contributed by atoms with Crippen molar-refractivity contribution in [3.63, 3.8) is 0 Å². The predicted octanol–water partition coefficient (Wildman–Crippen LogP) is -5.40. The van der Waals surface area contributed by atoms with Gasteiger partial charge in [0.2, 0.25) is 5.79 Å². The quantitative estimate of drug-likeness (QED) is 0.238. The van der Waals surface area contributed by atoms with Crippen molar-refractivity contribution in [2.75, 3.05) is 19.8 Å². The van der Waals surface area contributed by atoms with Crippen molar-refractivity contribution in [1.29, 1.82) is 0 Å². The highest BCUT2D eigenvalue weighted by atomic mass is 16.7. The molecule has 0 bridgehead atoms. The second kappa shape index (κ2) is 7.21. The molecule has 11 nitrogen and oxygen atoms in total. The zero-order valence-corrected chi connectivity index (χ0v) is 12.0.